The van der Waals surface area contributed by atoms with Gasteiger partial charge in [-0.25, -0.2) is 9.78 Å². The molecule has 1 fully saturated rings. The molecule has 9 heteroatoms. The quantitative estimate of drug-likeness (QED) is 0.798. The van der Waals surface area contributed by atoms with Crippen molar-refractivity contribution in [1.82, 2.24) is 25.0 Å². The van der Waals surface area contributed by atoms with Gasteiger partial charge in [0.15, 0.2) is 5.82 Å². The van der Waals surface area contributed by atoms with E-state index in [1.807, 2.05) is 0 Å². The number of carbonyl (C=O) groups is 2. The van der Waals surface area contributed by atoms with E-state index < -0.39 is 12.1 Å². The Morgan fingerprint density at radius 1 is 1.57 bits per heavy atom. The molecule has 0 bridgehead atoms. The molecular formula is C12H19N5O4. The van der Waals surface area contributed by atoms with E-state index in [0.29, 0.717) is 31.3 Å². The van der Waals surface area contributed by atoms with Gasteiger partial charge < -0.3 is 19.6 Å². The summed E-state index contributed by atoms with van der Waals surface area (Å²) >= 11 is 0. The van der Waals surface area contributed by atoms with Crippen LogP contribution in [0.4, 0.5) is 4.79 Å². The smallest absolute Gasteiger partial charge is 0.320 e. The number of urea groups is 1. The standard InChI is InChI=1S/C12H19N5O4/c1-8-13-10(15-14-8)7-16(2)12(20)17-3-4-21-9(6-17)5-11(18)19/h9H,3-7H2,1-2H3,(H,18,19)(H,13,14,15). The number of aliphatic carboxylic acids is 1. The summed E-state index contributed by atoms with van der Waals surface area (Å²) in [4.78, 5) is 30.3. The lowest BCUT2D eigenvalue weighted by molar-refractivity contribution is -0.141. The van der Waals surface area contributed by atoms with Crippen molar-refractivity contribution < 1.29 is 19.4 Å². The molecule has 1 unspecified atom stereocenters. The average Bonchev–Trinajstić information content (AvgIpc) is 2.82. The van der Waals surface area contributed by atoms with Gasteiger partial charge in [-0.15, -0.1) is 0 Å². The van der Waals surface area contributed by atoms with Crippen molar-refractivity contribution in [3.05, 3.63) is 11.6 Å². The number of ether oxygens (including phenoxy) is 1. The Kier molecular flexibility index (Phi) is 4.73. The maximum atomic E-state index is 12.3. The molecule has 9 nitrogen and oxygen atoms in total. The summed E-state index contributed by atoms with van der Waals surface area (Å²) in [6.45, 7) is 3.16. The van der Waals surface area contributed by atoms with Crippen LogP contribution in [-0.2, 0) is 16.1 Å². The Bertz CT molecular complexity index is 518. The first-order valence-corrected chi connectivity index (χ1v) is 6.67. The lowest BCUT2D eigenvalue weighted by atomic mass is 10.2. The van der Waals surface area contributed by atoms with Crippen LogP contribution >= 0.6 is 0 Å². The van der Waals surface area contributed by atoms with E-state index in [0.717, 1.165) is 0 Å². The lowest BCUT2D eigenvalue weighted by Gasteiger charge is -2.34. The fourth-order valence-electron chi connectivity index (χ4n) is 2.19. The van der Waals surface area contributed by atoms with Gasteiger partial charge in [0, 0.05) is 20.1 Å². The van der Waals surface area contributed by atoms with Crippen LogP contribution < -0.4 is 0 Å². The van der Waals surface area contributed by atoms with Crippen LogP contribution in [0.1, 0.15) is 18.1 Å². The number of aromatic amines is 1. The molecule has 0 spiro atoms. The Hall–Kier alpha value is -2.16. The zero-order valence-electron chi connectivity index (χ0n) is 12.1. The monoisotopic (exact) mass is 297 g/mol. The first kappa shape index (κ1) is 15.2. The first-order chi connectivity index (χ1) is 9.95. The third-order valence-electron chi connectivity index (χ3n) is 3.16. The van der Waals surface area contributed by atoms with E-state index in [2.05, 4.69) is 15.2 Å². The number of aromatic nitrogens is 3. The van der Waals surface area contributed by atoms with E-state index >= 15 is 0 Å². The molecule has 1 atom stereocenters. The Balaban J connectivity index is 1.90. The van der Waals surface area contributed by atoms with Crippen LogP contribution in [0.3, 0.4) is 0 Å². The van der Waals surface area contributed by atoms with Crippen LogP contribution in [0, 0.1) is 6.92 Å². The van der Waals surface area contributed by atoms with Gasteiger partial charge >= 0.3 is 12.0 Å². The summed E-state index contributed by atoms with van der Waals surface area (Å²) in [7, 11) is 1.66. The number of carbonyl (C=O) groups excluding carboxylic acids is 1. The second kappa shape index (κ2) is 6.53. The lowest BCUT2D eigenvalue weighted by Crippen LogP contribution is -2.50. The highest BCUT2D eigenvalue weighted by atomic mass is 16.5. The Morgan fingerprint density at radius 2 is 2.33 bits per heavy atom. The highest BCUT2D eigenvalue weighted by Gasteiger charge is 2.28. The SMILES string of the molecule is Cc1nc(CN(C)C(=O)N2CCOC(CC(=O)O)C2)n[nH]1. The maximum absolute atomic E-state index is 12.3. The Morgan fingerprint density at radius 3 is 2.95 bits per heavy atom. The van der Waals surface area contributed by atoms with E-state index in [9.17, 15) is 9.59 Å². The number of amides is 2. The normalized spacial score (nSPS) is 18.6. The predicted molar refractivity (Wildman–Crippen MR) is 71.5 cm³/mol. The molecule has 0 saturated carbocycles. The molecular weight excluding hydrogens is 278 g/mol. The fourth-order valence-corrected chi connectivity index (χ4v) is 2.19. The topological polar surface area (TPSA) is 112 Å². The van der Waals surface area contributed by atoms with Crippen LogP contribution in [0.5, 0.6) is 0 Å². The summed E-state index contributed by atoms with van der Waals surface area (Å²) < 4.78 is 5.35. The number of aryl methyl sites for hydroxylation is 1. The van der Waals surface area contributed by atoms with Gasteiger partial charge in [-0.1, -0.05) is 0 Å². The van der Waals surface area contributed by atoms with E-state index in [4.69, 9.17) is 9.84 Å². The number of H-pyrrole nitrogens is 1. The number of morpholine rings is 1. The van der Waals surface area contributed by atoms with Crippen molar-refractivity contribution >= 4 is 12.0 Å². The number of hydrogen-bond donors (Lipinski definition) is 2. The van der Waals surface area contributed by atoms with Crippen LogP contribution in [0.2, 0.25) is 0 Å². The summed E-state index contributed by atoms with van der Waals surface area (Å²) in [5.41, 5.74) is 0. The molecule has 1 aromatic heterocycles. The molecule has 0 radical (unpaired) electrons. The molecule has 0 aromatic carbocycles. The van der Waals surface area contributed by atoms with Gasteiger partial charge in [-0.2, -0.15) is 5.10 Å². The summed E-state index contributed by atoms with van der Waals surface area (Å²) in [6.07, 6.45) is -0.562. The predicted octanol–water partition coefficient (Wildman–Crippen LogP) is -0.160. The molecule has 116 valence electrons. The van der Waals surface area contributed by atoms with Crippen molar-refractivity contribution in [2.75, 3.05) is 26.7 Å². The van der Waals surface area contributed by atoms with E-state index in [1.54, 1.807) is 18.9 Å². The minimum atomic E-state index is -0.932. The third kappa shape index (κ3) is 4.15. The second-order valence-corrected chi connectivity index (χ2v) is 5.01. The number of nitrogens with one attached hydrogen (secondary N) is 1. The number of hydrogen-bond acceptors (Lipinski definition) is 5. The van der Waals surface area contributed by atoms with Gasteiger partial charge in [-0.05, 0) is 6.92 Å². The summed E-state index contributed by atoms with van der Waals surface area (Å²) in [5.74, 6) is 0.302. The van der Waals surface area contributed by atoms with Crippen molar-refractivity contribution in [1.29, 1.82) is 0 Å². The zero-order chi connectivity index (χ0) is 15.4. The molecule has 0 aliphatic carbocycles. The van der Waals surface area contributed by atoms with Crippen LogP contribution in [0.15, 0.2) is 0 Å². The van der Waals surface area contributed by atoms with E-state index in [-0.39, 0.29) is 19.0 Å². The van der Waals surface area contributed by atoms with Crippen LogP contribution in [-0.4, -0.2) is 74.9 Å². The summed E-state index contributed by atoms with van der Waals surface area (Å²) in [5, 5.41) is 15.5. The minimum Gasteiger partial charge on any atom is -0.481 e. The fraction of sp³-hybridized carbons (Fsp3) is 0.667. The third-order valence-corrected chi connectivity index (χ3v) is 3.16. The molecule has 1 aromatic rings. The highest BCUT2D eigenvalue weighted by molar-refractivity contribution is 5.74. The molecule has 21 heavy (non-hydrogen) atoms. The second-order valence-electron chi connectivity index (χ2n) is 5.01. The largest absolute Gasteiger partial charge is 0.481 e. The first-order valence-electron chi connectivity index (χ1n) is 6.67. The molecule has 2 N–H and O–H groups in total. The van der Waals surface area contributed by atoms with Gasteiger partial charge in [-0.3, -0.25) is 9.89 Å². The number of carboxylic acid groups (broad SMARTS) is 1. The highest BCUT2D eigenvalue weighted by Crippen LogP contribution is 2.11. The van der Waals surface area contributed by atoms with Crippen molar-refractivity contribution in [2.24, 2.45) is 0 Å². The molecule has 1 aliphatic rings. The Labute approximate surface area is 121 Å². The molecule has 1 saturated heterocycles. The van der Waals surface area contributed by atoms with Crippen LogP contribution in [0.25, 0.3) is 0 Å². The number of carboxylic acids is 1. The maximum Gasteiger partial charge on any atom is 0.320 e. The van der Waals surface area contributed by atoms with E-state index in [1.165, 1.54) is 4.90 Å². The van der Waals surface area contributed by atoms with Crippen molar-refractivity contribution in [3.63, 3.8) is 0 Å². The molecule has 2 amide bonds. The summed E-state index contributed by atoms with van der Waals surface area (Å²) in [6, 6.07) is -0.184. The van der Waals surface area contributed by atoms with Gasteiger partial charge in [0.2, 0.25) is 0 Å². The van der Waals surface area contributed by atoms with Crippen molar-refractivity contribution in [2.45, 2.75) is 26.0 Å². The molecule has 1 aliphatic heterocycles. The minimum absolute atomic E-state index is 0.104. The number of nitrogens with zero attached hydrogens (tertiary/aromatic N) is 4. The van der Waals surface area contributed by atoms with Gasteiger partial charge in [0.25, 0.3) is 0 Å². The van der Waals surface area contributed by atoms with Gasteiger partial charge in [0.05, 0.1) is 25.7 Å². The molecule has 2 heterocycles. The van der Waals surface area contributed by atoms with Crippen molar-refractivity contribution in [3.8, 4) is 0 Å². The number of rotatable bonds is 4. The molecule has 2 rings (SSSR count). The zero-order valence-corrected chi connectivity index (χ0v) is 12.1. The average molecular weight is 297 g/mol. The van der Waals surface area contributed by atoms with Gasteiger partial charge in [0.1, 0.15) is 5.82 Å².